The molecule has 0 unspecified atom stereocenters. The van der Waals surface area contributed by atoms with Crippen LogP contribution in [0.15, 0.2) is 25.3 Å². The number of allylic oxidation sites excluding steroid dienone is 2. The number of carbonyl (C=O) groups is 1. The summed E-state index contributed by atoms with van der Waals surface area (Å²) in [4.78, 5) is 46.3. The molecule has 0 spiro atoms. The minimum Gasteiger partial charge on any atom is -0.511 e. The topological polar surface area (TPSA) is 107 Å². The molecule has 2 aromatic rings. The predicted molar refractivity (Wildman–Crippen MR) is 103 cm³/mol. The second kappa shape index (κ2) is 7.30. The van der Waals surface area contributed by atoms with Crippen molar-refractivity contribution in [2.75, 3.05) is 0 Å². The third-order valence-corrected chi connectivity index (χ3v) is 6.13. The van der Waals surface area contributed by atoms with Crippen LogP contribution in [0.1, 0.15) is 51.3 Å². The Hall–Kier alpha value is -2.42. The van der Waals surface area contributed by atoms with Crippen molar-refractivity contribution < 1.29 is 9.90 Å². The van der Waals surface area contributed by atoms with E-state index in [-0.39, 0.29) is 38.4 Å². The SMILES string of the molecule is CC(=O)/C(Sc1nc(C2CCCC2)nc2c1c(=O)n(C)c(=O)n2C)=C(\C)O. The van der Waals surface area contributed by atoms with Crippen molar-refractivity contribution in [2.45, 2.75) is 50.5 Å². The highest BCUT2D eigenvalue weighted by molar-refractivity contribution is 8.04. The van der Waals surface area contributed by atoms with Crippen molar-refractivity contribution in [1.82, 2.24) is 19.1 Å². The minimum atomic E-state index is -0.521. The first-order chi connectivity index (χ1) is 12.7. The van der Waals surface area contributed by atoms with Gasteiger partial charge in [0, 0.05) is 20.0 Å². The number of hydrogen-bond donors (Lipinski definition) is 1. The van der Waals surface area contributed by atoms with Crippen molar-refractivity contribution in [3.8, 4) is 0 Å². The lowest BCUT2D eigenvalue weighted by Crippen LogP contribution is -2.38. The van der Waals surface area contributed by atoms with E-state index in [9.17, 15) is 19.5 Å². The highest BCUT2D eigenvalue weighted by atomic mass is 32.2. The highest BCUT2D eigenvalue weighted by Gasteiger charge is 2.25. The maximum atomic E-state index is 12.8. The number of rotatable bonds is 4. The zero-order chi connectivity index (χ0) is 19.9. The average Bonchev–Trinajstić information content (AvgIpc) is 3.16. The second-order valence-electron chi connectivity index (χ2n) is 6.85. The number of aromatic nitrogens is 4. The van der Waals surface area contributed by atoms with E-state index in [4.69, 9.17) is 0 Å². The third-order valence-electron chi connectivity index (χ3n) is 4.85. The summed E-state index contributed by atoms with van der Waals surface area (Å²) in [6.45, 7) is 2.76. The molecule has 9 heteroatoms. The quantitative estimate of drug-likeness (QED) is 0.369. The largest absolute Gasteiger partial charge is 0.511 e. The lowest BCUT2D eigenvalue weighted by Gasteiger charge is -2.15. The zero-order valence-electron chi connectivity index (χ0n) is 15.8. The summed E-state index contributed by atoms with van der Waals surface area (Å²) in [6, 6.07) is 0. The fraction of sp³-hybridized carbons (Fsp3) is 0.500. The minimum absolute atomic E-state index is 0.114. The van der Waals surface area contributed by atoms with Crippen LogP contribution >= 0.6 is 11.8 Å². The Bertz CT molecular complexity index is 1070. The molecule has 1 N–H and O–H groups in total. The monoisotopic (exact) mass is 390 g/mol. The number of ketones is 1. The molecule has 2 aromatic heterocycles. The Morgan fingerprint density at radius 1 is 1.11 bits per heavy atom. The van der Waals surface area contributed by atoms with Gasteiger partial charge in [0.1, 0.15) is 22.0 Å². The fourth-order valence-electron chi connectivity index (χ4n) is 3.38. The highest BCUT2D eigenvalue weighted by Crippen LogP contribution is 2.36. The summed E-state index contributed by atoms with van der Waals surface area (Å²) in [5.41, 5.74) is -0.742. The summed E-state index contributed by atoms with van der Waals surface area (Å²) in [5.74, 6) is 0.274. The molecule has 0 amide bonds. The van der Waals surface area contributed by atoms with E-state index >= 15 is 0 Å². The Labute approximate surface area is 159 Å². The van der Waals surface area contributed by atoms with Crippen LogP contribution in [0.25, 0.3) is 11.0 Å². The lowest BCUT2D eigenvalue weighted by atomic mass is 10.1. The van der Waals surface area contributed by atoms with Gasteiger partial charge in [-0.2, -0.15) is 0 Å². The molecule has 1 aliphatic rings. The molecule has 144 valence electrons. The second-order valence-corrected chi connectivity index (χ2v) is 7.84. The van der Waals surface area contributed by atoms with Gasteiger partial charge in [-0.1, -0.05) is 24.6 Å². The number of nitrogens with zero attached hydrogens (tertiary/aromatic N) is 4. The van der Waals surface area contributed by atoms with Crippen LogP contribution < -0.4 is 11.2 Å². The van der Waals surface area contributed by atoms with Gasteiger partial charge in [-0.15, -0.1) is 0 Å². The normalized spacial score (nSPS) is 16.0. The number of carbonyl (C=O) groups excluding carboxylic acids is 1. The van der Waals surface area contributed by atoms with Gasteiger partial charge < -0.3 is 5.11 Å². The van der Waals surface area contributed by atoms with Crippen LogP contribution in [-0.4, -0.2) is 30.0 Å². The van der Waals surface area contributed by atoms with E-state index in [0.717, 1.165) is 42.0 Å². The third kappa shape index (κ3) is 3.43. The predicted octanol–water partition coefficient (Wildman–Crippen LogP) is 2.16. The molecular weight excluding hydrogens is 368 g/mol. The Balaban J connectivity index is 2.35. The van der Waals surface area contributed by atoms with Gasteiger partial charge in [-0.05, 0) is 26.7 Å². The van der Waals surface area contributed by atoms with E-state index < -0.39 is 11.2 Å². The molecule has 0 saturated heterocycles. The molecular formula is C18H22N4O4S. The number of aliphatic hydroxyl groups excluding tert-OH is 1. The van der Waals surface area contributed by atoms with Gasteiger partial charge in [-0.3, -0.25) is 18.7 Å². The molecule has 3 rings (SSSR count). The molecule has 0 radical (unpaired) electrons. The van der Waals surface area contributed by atoms with Crippen molar-refractivity contribution in [3.05, 3.63) is 37.3 Å². The van der Waals surface area contributed by atoms with Crippen molar-refractivity contribution in [3.63, 3.8) is 0 Å². The fourth-order valence-corrected chi connectivity index (χ4v) is 4.29. The average molecular weight is 390 g/mol. The number of aliphatic hydroxyl groups is 1. The van der Waals surface area contributed by atoms with Gasteiger partial charge in [0.25, 0.3) is 5.56 Å². The number of aryl methyl sites for hydroxylation is 1. The van der Waals surface area contributed by atoms with Gasteiger partial charge in [0.2, 0.25) is 0 Å². The molecule has 0 bridgehead atoms. The van der Waals surface area contributed by atoms with E-state index in [1.54, 1.807) is 7.05 Å². The molecule has 27 heavy (non-hydrogen) atoms. The maximum Gasteiger partial charge on any atom is 0.332 e. The molecule has 1 fully saturated rings. The molecule has 1 aliphatic carbocycles. The van der Waals surface area contributed by atoms with Crippen molar-refractivity contribution in [2.24, 2.45) is 14.1 Å². The molecule has 8 nitrogen and oxygen atoms in total. The van der Waals surface area contributed by atoms with Crippen LogP contribution in [0, 0.1) is 0 Å². The van der Waals surface area contributed by atoms with Gasteiger partial charge in [0.05, 0.1) is 4.91 Å². The summed E-state index contributed by atoms with van der Waals surface area (Å²) in [7, 11) is 2.95. The first-order valence-electron chi connectivity index (χ1n) is 8.78. The standard InChI is InChI=1S/C18H22N4O4S/c1-9(23)13(10(2)24)27-16-12-15(21(3)18(26)22(4)17(12)25)19-14(20-16)11-7-5-6-8-11/h11,23H,5-8H2,1-4H3/b13-9-. The van der Waals surface area contributed by atoms with Gasteiger partial charge in [-0.25, -0.2) is 14.8 Å². The number of thioether (sulfide) groups is 1. The van der Waals surface area contributed by atoms with Crippen molar-refractivity contribution >= 4 is 28.6 Å². The molecule has 0 aliphatic heterocycles. The van der Waals surface area contributed by atoms with Gasteiger partial charge in [0.15, 0.2) is 11.4 Å². The lowest BCUT2D eigenvalue weighted by molar-refractivity contribution is -0.113. The molecule has 0 atom stereocenters. The maximum absolute atomic E-state index is 12.8. The van der Waals surface area contributed by atoms with Crippen LogP contribution in [-0.2, 0) is 18.9 Å². The van der Waals surface area contributed by atoms with E-state index in [1.807, 2.05) is 0 Å². The number of hydrogen-bond acceptors (Lipinski definition) is 7. The molecule has 1 saturated carbocycles. The first-order valence-corrected chi connectivity index (χ1v) is 9.60. The Kier molecular flexibility index (Phi) is 5.23. The smallest absolute Gasteiger partial charge is 0.332 e. The Morgan fingerprint density at radius 3 is 2.30 bits per heavy atom. The van der Waals surface area contributed by atoms with Crippen LogP contribution in [0.5, 0.6) is 0 Å². The molecule has 0 aromatic carbocycles. The number of Topliss-reactive ketones (excluding diaryl/α,β-unsaturated/α-hetero) is 1. The zero-order valence-corrected chi connectivity index (χ0v) is 16.6. The summed E-state index contributed by atoms with van der Waals surface area (Å²) >= 11 is 0.945. The van der Waals surface area contributed by atoms with E-state index in [0.29, 0.717) is 5.82 Å². The summed E-state index contributed by atoms with van der Waals surface area (Å²) in [6.07, 6.45) is 4.06. The van der Waals surface area contributed by atoms with Crippen LogP contribution in [0.4, 0.5) is 0 Å². The van der Waals surface area contributed by atoms with Crippen LogP contribution in [0.3, 0.4) is 0 Å². The molecule has 2 heterocycles. The van der Waals surface area contributed by atoms with Crippen LogP contribution in [0.2, 0.25) is 0 Å². The first kappa shape index (κ1) is 19.3. The summed E-state index contributed by atoms with van der Waals surface area (Å²) in [5, 5.41) is 10.3. The van der Waals surface area contributed by atoms with Crippen molar-refractivity contribution in [1.29, 1.82) is 0 Å². The Morgan fingerprint density at radius 2 is 1.74 bits per heavy atom. The van der Waals surface area contributed by atoms with E-state index in [1.165, 1.54) is 25.5 Å². The van der Waals surface area contributed by atoms with E-state index in [2.05, 4.69) is 9.97 Å². The number of fused-ring (bicyclic) bond motifs is 1. The summed E-state index contributed by atoms with van der Waals surface area (Å²) < 4.78 is 2.32. The van der Waals surface area contributed by atoms with Gasteiger partial charge >= 0.3 is 5.69 Å².